The Morgan fingerprint density at radius 2 is 2.21 bits per heavy atom. The predicted octanol–water partition coefficient (Wildman–Crippen LogP) is 0.951. The van der Waals surface area contributed by atoms with Crippen molar-refractivity contribution in [1.29, 1.82) is 0 Å². The molecule has 1 aromatic rings. The van der Waals surface area contributed by atoms with E-state index in [0.717, 1.165) is 11.1 Å². The highest BCUT2D eigenvalue weighted by Gasteiger charge is 2.05. The summed E-state index contributed by atoms with van der Waals surface area (Å²) in [4.78, 5) is 10.3. The molecule has 4 nitrogen and oxygen atoms in total. The third-order valence-corrected chi connectivity index (χ3v) is 1.92. The highest BCUT2D eigenvalue weighted by atomic mass is 16.5. The van der Waals surface area contributed by atoms with Crippen molar-refractivity contribution in [2.75, 3.05) is 6.61 Å². The van der Waals surface area contributed by atoms with Gasteiger partial charge in [-0.15, -0.1) is 0 Å². The maximum Gasteiger partial charge on any atom is 0.341 e. The number of rotatable bonds is 4. The lowest BCUT2D eigenvalue weighted by Crippen LogP contribution is -2.10. The fourth-order valence-corrected chi connectivity index (χ4v) is 1.13. The molecule has 2 N–H and O–H groups in total. The molecule has 0 aliphatic heterocycles. The normalized spacial score (nSPS) is 9.86. The molecule has 0 radical (unpaired) electrons. The number of carboxylic acids is 1. The van der Waals surface area contributed by atoms with Crippen LogP contribution in [0.2, 0.25) is 0 Å². The molecule has 1 rings (SSSR count). The second kappa shape index (κ2) is 4.62. The lowest BCUT2D eigenvalue weighted by Gasteiger charge is -2.09. The Hall–Kier alpha value is -1.55. The Morgan fingerprint density at radius 1 is 1.50 bits per heavy atom. The first-order valence-corrected chi connectivity index (χ1v) is 4.19. The molecule has 0 aromatic heterocycles. The number of aliphatic hydroxyl groups is 1. The van der Waals surface area contributed by atoms with Crippen molar-refractivity contribution < 1.29 is 19.7 Å². The average molecular weight is 196 g/mol. The summed E-state index contributed by atoms with van der Waals surface area (Å²) in [5, 5.41) is 17.4. The molecule has 0 atom stereocenters. The van der Waals surface area contributed by atoms with Crippen molar-refractivity contribution in [1.82, 2.24) is 0 Å². The molecule has 0 unspecified atom stereocenters. The van der Waals surface area contributed by atoms with Crippen LogP contribution in [0.4, 0.5) is 0 Å². The number of carboxylic acid groups (broad SMARTS) is 1. The number of aliphatic hydroxyl groups excluding tert-OH is 1. The monoisotopic (exact) mass is 196 g/mol. The quantitative estimate of drug-likeness (QED) is 0.752. The maximum absolute atomic E-state index is 10.3. The standard InChI is InChI=1S/C10H12O4/c1-7-8(5-11)3-2-4-9(7)14-6-10(12)13/h2-4,11H,5-6H2,1H3,(H,12,13). The molecule has 0 bridgehead atoms. The van der Waals surface area contributed by atoms with Crippen LogP contribution in [0.1, 0.15) is 11.1 Å². The predicted molar refractivity (Wildman–Crippen MR) is 50.2 cm³/mol. The van der Waals surface area contributed by atoms with E-state index in [2.05, 4.69) is 0 Å². The third kappa shape index (κ3) is 2.47. The minimum Gasteiger partial charge on any atom is -0.482 e. The zero-order chi connectivity index (χ0) is 10.6. The van der Waals surface area contributed by atoms with Crippen molar-refractivity contribution in [3.05, 3.63) is 29.3 Å². The van der Waals surface area contributed by atoms with Crippen LogP contribution in [0.5, 0.6) is 5.75 Å². The number of hydrogen-bond donors (Lipinski definition) is 2. The number of carbonyl (C=O) groups is 1. The summed E-state index contributed by atoms with van der Waals surface area (Å²) in [6.45, 7) is 1.34. The zero-order valence-corrected chi connectivity index (χ0v) is 7.86. The molecular formula is C10H12O4. The van der Waals surface area contributed by atoms with Gasteiger partial charge in [0.25, 0.3) is 0 Å². The van der Waals surface area contributed by atoms with E-state index in [4.69, 9.17) is 14.9 Å². The molecule has 0 aliphatic carbocycles. The molecule has 4 heteroatoms. The second-order valence-corrected chi connectivity index (χ2v) is 2.88. The average Bonchev–Trinajstić information content (AvgIpc) is 2.16. The van der Waals surface area contributed by atoms with Crippen molar-refractivity contribution in [2.45, 2.75) is 13.5 Å². The summed E-state index contributed by atoms with van der Waals surface area (Å²) in [5.74, 6) is -0.516. The van der Waals surface area contributed by atoms with E-state index in [1.165, 1.54) is 0 Å². The Bertz CT molecular complexity index is 333. The van der Waals surface area contributed by atoms with E-state index < -0.39 is 5.97 Å². The summed E-state index contributed by atoms with van der Waals surface area (Å²) in [6.07, 6.45) is 0. The van der Waals surface area contributed by atoms with Crippen molar-refractivity contribution in [2.24, 2.45) is 0 Å². The first kappa shape index (κ1) is 10.5. The fourth-order valence-electron chi connectivity index (χ4n) is 1.13. The number of aliphatic carboxylic acids is 1. The van der Waals surface area contributed by atoms with Crippen LogP contribution in [0.25, 0.3) is 0 Å². The highest BCUT2D eigenvalue weighted by Crippen LogP contribution is 2.21. The molecule has 0 aliphatic rings. The Kier molecular flexibility index (Phi) is 3.48. The van der Waals surface area contributed by atoms with Gasteiger partial charge in [0.15, 0.2) is 6.61 Å². The van der Waals surface area contributed by atoms with E-state index in [1.54, 1.807) is 25.1 Å². The molecule has 0 amide bonds. The van der Waals surface area contributed by atoms with E-state index >= 15 is 0 Å². The van der Waals surface area contributed by atoms with Gasteiger partial charge in [-0.25, -0.2) is 4.79 Å². The molecule has 76 valence electrons. The number of hydrogen-bond acceptors (Lipinski definition) is 3. The van der Waals surface area contributed by atoms with Crippen molar-refractivity contribution >= 4 is 5.97 Å². The smallest absolute Gasteiger partial charge is 0.341 e. The van der Waals surface area contributed by atoms with E-state index in [-0.39, 0.29) is 13.2 Å². The molecule has 0 heterocycles. The lowest BCUT2D eigenvalue weighted by atomic mass is 10.1. The SMILES string of the molecule is Cc1c(CO)cccc1OCC(=O)O. The van der Waals surface area contributed by atoms with Gasteiger partial charge < -0.3 is 14.9 Å². The van der Waals surface area contributed by atoms with Gasteiger partial charge >= 0.3 is 5.97 Å². The Balaban J connectivity index is 2.81. The van der Waals surface area contributed by atoms with Crippen LogP contribution in [0, 0.1) is 6.92 Å². The van der Waals surface area contributed by atoms with Gasteiger partial charge in [0.1, 0.15) is 5.75 Å². The van der Waals surface area contributed by atoms with Gasteiger partial charge in [0.05, 0.1) is 6.61 Å². The van der Waals surface area contributed by atoms with Gasteiger partial charge in [-0.05, 0) is 24.1 Å². The maximum atomic E-state index is 10.3. The lowest BCUT2D eigenvalue weighted by molar-refractivity contribution is -0.139. The van der Waals surface area contributed by atoms with Crippen LogP contribution < -0.4 is 4.74 Å². The van der Waals surface area contributed by atoms with Crippen LogP contribution in [-0.2, 0) is 11.4 Å². The number of ether oxygens (including phenoxy) is 1. The number of benzene rings is 1. The minimum absolute atomic E-state index is 0.0733. The Labute approximate surface area is 81.8 Å². The van der Waals surface area contributed by atoms with Crippen LogP contribution >= 0.6 is 0 Å². The van der Waals surface area contributed by atoms with Gasteiger partial charge in [0.2, 0.25) is 0 Å². The molecule has 0 saturated carbocycles. The summed E-state index contributed by atoms with van der Waals surface area (Å²) >= 11 is 0. The molecule has 0 fully saturated rings. The third-order valence-electron chi connectivity index (χ3n) is 1.92. The summed E-state index contributed by atoms with van der Waals surface area (Å²) in [5.41, 5.74) is 1.52. The van der Waals surface area contributed by atoms with Crippen molar-refractivity contribution in [3.63, 3.8) is 0 Å². The van der Waals surface area contributed by atoms with Gasteiger partial charge in [0, 0.05) is 0 Å². The molecule has 1 aromatic carbocycles. The van der Waals surface area contributed by atoms with Gasteiger partial charge in [-0.2, -0.15) is 0 Å². The van der Waals surface area contributed by atoms with E-state index in [0.29, 0.717) is 5.75 Å². The largest absolute Gasteiger partial charge is 0.482 e. The summed E-state index contributed by atoms with van der Waals surface area (Å²) in [7, 11) is 0. The molecule has 0 saturated heterocycles. The molecule has 0 spiro atoms. The van der Waals surface area contributed by atoms with Crippen LogP contribution in [-0.4, -0.2) is 22.8 Å². The van der Waals surface area contributed by atoms with Crippen LogP contribution in [0.15, 0.2) is 18.2 Å². The zero-order valence-electron chi connectivity index (χ0n) is 7.86. The minimum atomic E-state index is -1.01. The molecular weight excluding hydrogens is 184 g/mol. The van der Waals surface area contributed by atoms with Crippen LogP contribution in [0.3, 0.4) is 0 Å². The van der Waals surface area contributed by atoms with E-state index in [1.807, 2.05) is 0 Å². The first-order chi connectivity index (χ1) is 6.65. The summed E-state index contributed by atoms with van der Waals surface area (Å²) < 4.78 is 5.03. The summed E-state index contributed by atoms with van der Waals surface area (Å²) in [6, 6.07) is 5.16. The highest BCUT2D eigenvalue weighted by molar-refractivity contribution is 5.68. The van der Waals surface area contributed by atoms with E-state index in [9.17, 15) is 4.79 Å². The topological polar surface area (TPSA) is 66.8 Å². The Morgan fingerprint density at radius 3 is 2.79 bits per heavy atom. The fraction of sp³-hybridized carbons (Fsp3) is 0.300. The van der Waals surface area contributed by atoms with Crippen molar-refractivity contribution in [3.8, 4) is 5.75 Å². The second-order valence-electron chi connectivity index (χ2n) is 2.88. The van der Waals surface area contributed by atoms with Gasteiger partial charge in [-0.1, -0.05) is 12.1 Å². The first-order valence-electron chi connectivity index (χ1n) is 4.19. The molecule has 14 heavy (non-hydrogen) atoms. The van der Waals surface area contributed by atoms with Gasteiger partial charge in [-0.3, -0.25) is 0 Å².